The number of aryl methyl sites for hydroxylation is 1. The van der Waals surface area contributed by atoms with E-state index >= 15 is 0 Å². The van der Waals surface area contributed by atoms with Gasteiger partial charge in [-0.3, -0.25) is 9.59 Å². The second kappa shape index (κ2) is 8.86. The van der Waals surface area contributed by atoms with Crippen LogP contribution in [0.4, 0.5) is 14.9 Å². The number of anilines is 1. The zero-order valence-corrected chi connectivity index (χ0v) is 18.1. The number of aromatic amines is 1. The van der Waals surface area contributed by atoms with Gasteiger partial charge in [0.2, 0.25) is 0 Å². The summed E-state index contributed by atoms with van der Waals surface area (Å²) in [7, 11) is 0. The molecule has 168 valence electrons. The monoisotopic (exact) mass is 439 g/mol. The summed E-state index contributed by atoms with van der Waals surface area (Å²) in [5, 5.41) is 8.44. The zero-order chi connectivity index (χ0) is 22.8. The molecule has 1 saturated heterocycles. The number of carbonyl (C=O) groups excluding carboxylic acids is 3. The van der Waals surface area contributed by atoms with Gasteiger partial charge in [-0.25, -0.2) is 9.18 Å². The molecular formula is C23H26FN5O3. The number of benzene rings is 1. The molecule has 0 radical (unpaired) electrons. The van der Waals surface area contributed by atoms with Crippen LogP contribution in [0.5, 0.6) is 0 Å². The van der Waals surface area contributed by atoms with E-state index in [0.29, 0.717) is 65.4 Å². The standard InChI is InChI=1S/C23H26FN5O3/c1-13-19(12-17-16-11-15(24)5-6-18(16)28-21(17)30)27-14(2)20(13)22(31)25-7-3-9-29-10-4-8-26-23(29)32/h5-6,11-12,27H,3-4,7-10H2,1-2H3,(H,25,31)(H,26,32)(H,28,30)/b17-12-. The van der Waals surface area contributed by atoms with Crippen molar-refractivity contribution in [3.05, 3.63) is 52.1 Å². The summed E-state index contributed by atoms with van der Waals surface area (Å²) in [6.07, 6.45) is 3.23. The summed E-state index contributed by atoms with van der Waals surface area (Å²) in [5.41, 5.74) is 3.93. The van der Waals surface area contributed by atoms with Gasteiger partial charge in [-0.2, -0.15) is 0 Å². The molecule has 9 heteroatoms. The average molecular weight is 439 g/mol. The molecule has 0 atom stereocenters. The smallest absolute Gasteiger partial charge is 0.317 e. The summed E-state index contributed by atoms with van der Waals surface area (Å²) in [5.74, 6) is -0.955. The summed E-state index contributed by atoms with van der Waals surface area (Å²) in [6.45, 7) is 6.07. The number of hydrogen-bond donors (Lipinski definition) is 4. The van der Waals surface area contributed by atoms with Crippen LogP contribution >= 0.6 is 0 Å². The minimum atomic E-state index is -0.423. The van der Waals surface area contributed by atoms with E-state index in [0.717, 1.165) is 13.0 Å². The van der Waals surface area contributed by atoms with Crippen molar-refractivity contribution in [2.45, 2.75) is 26.7 Å². The first-order valence-corrected chi connectivity index (χ1v) is 10.7. The maximum absolute atomic E-state index is 13.7. The van der Waals surface area contributed by atoms with Crippen LogP contribution in [0.2, 0.25) is 0 Å². The number of nitrogens with one attached hydrogen (secondary N) is 4. The number of urea groups is 1. The predicted octanol–water partition coefficient (Wildman–Crippen LogP) is 2.80. The Kier molecular flexibility index (Phi) is 5.98. The average Bonchev–Trinajstić information content (AvgIpc) is 3.21. The van der Waals surface area contributed by atoms with Crippen molar-refractivity contribution in [3.8, 4) is 0 Å². The van der Waals surface area contributed by atoms with E-state index in [-0.39, 0.29) is 17.8 Å². The van der Waals surface area contributed by atoms with Gasteiger partial charge in [-0.15, -0.1) is 0 Å². The van der Waals surface area contributed by atoms with Crippen LogP contribution in [0.25, 0.3) is 11.6 Å². The molecule has 0 aliphatic carbocycles. The highest BCUT2D eigenvalue weighted by molar-refractivity contribution is 6.34. The second-order valence-electron chi connectivity index (χ2n) is 8.05. The number of hydrogen-bond acceptors (Lipinski definition) is 3. The minimum Gasteiger partial charge on any atom is -0.358 e. The van der Waals surface area contributed by atoms with Crippen molar-refractivity contribution in [3.63, 3.8) is 0 Å². The topological polar surface area (TPSA) is 106 Å². The molecule has 0 unspecified atom stereocenters. The van der Waals surface area contributed by atoms with Crippen molar-refractivity contribution in [2.24, 2.45) is 0 Å². The Morgan fingerprint density at radius 1 is 1.28 bits per heavy atom. The van der Waals surface area contributed by atoms with Crippen LogP contribution in [0.1, 0.15) is 45.7 Å². The van der Waals surface area contributed by atoms with Gasteiger partial charge in [0.1, 0.15) is 5.82 Å². The highest BCUT2D eigenvalue weighted by atomic mass is 19.1. The lowest BCUT2D eigenvalue weighted by Gasteiger charge is -2.27. The molecule has 0 saturated carbocycles. The van der Waals surface area contributed by atoms with Crippen LogP contribution in [0.15, 0.2) is 18.2 Å². The molecule has 1 aromatic heterocycles. The number of carbonyl (C=O) groups is 3. The molecular weight excluding hydrogens is 413 g/mol. The Balaban J connectivity index is 1.45. The molecule has 2 aromatic rings. The number of H-pyrrole nitrogens is 1. The molecule has 2 aliphatic heterocycles. The summed E-state index contributed by atoms with van der Waals surface area (Å²) in [6, 6.07) is 4.09. The first-order valence-electron chi connectivity index (χ1n) is 10.7. The first kappa shape index (κ1) is 21.6. The fraction of sp³-hybridized carbons (Fsp3) is 0.348. The Hall–Kier alpha value is -3.62. The molecule has 4 amide bonds. The van der Waals surface area contributed by atoms with Gasteiger partial charge in [0.15, 0.2) is 0 Å². The Bertz CT molecular complexity index is 1120. The van der Waals surface area contributed by atoms with E-state index in [1.807, 2.05) is 6.92 Å². The van der Waals surface area contributed by atoms with E-state index in [1.54, 1.807) is 17.9 Å². The fourth-order valence-corrected chi connectivity index (χ4v) is 4.16. The third kappa shape index (κ3) is 4.23. The third-order valence-electron chi connectivity index (χ3n) is 5.82. The van der Waals surface area contributed by atoms with E-state index in [4.69, 9.17) is 0 Å². The van der Waals surface area contributed by atoms with E-state index in [9.17, 15) is 18.8 Å². The molecule has 32 heavy (non-hydrogen) atoms. The predicted molar refractivity (Wildman–Crippen MR) is 120 cm³/mol. The normalized spacial score (nSPS) is 16.7. The Morgan fingerprint density at radius 3 is 2.88 bits per heavy atom. The second-order valence-corrected chi connectivity index (χ2v) is 8.05. The number of aromatic nitrogens is 1. The van der Waals surface area contributed by atoms with Crippen LogP contribution in [-0.2, 0) is 4.79 Å². The first-order chi connectivity index (χ1) is 15.3. The molecule has 1 fully saturated rings. The molecule has 4 N–H and O–H groups in total. The van der Waals surface area contributed by atoms with Crippen LogP contribution < -0.4 is 16.0 Å². The van der Waals surface area contributed by atoms with Crippen molar-refractivity contribution in [2.75, 3.05) is 31.5 Å². The van der Waals surface area contributed by atoms with E-state index in [2.05, 4.69) is 20.9 Å². The summed E-state index contributed by atoms with van der Waals surface area (Å²) in [4.78, 5) is 41.8. The van der Waals surface area contributed by atoms with Crippen LogP contribution in [0, 0.1) is 19.7 Å². The van der Waals surface area contributed by atoms with Crippen molar-refractivity contribution >= 4 is 35.2 Å². The minimum absolute atomic E-state index is 0.0602. The highest BCUT2D eigenvalue weighted by Gasteiger charge is 2.26. The van der Waals surface area contributed by atoms with Gasteiger partial charge in [-0.1, -0.05) is 0 Å². The maximum Gasteiger partial charge on any atom is 0.317 e. The fourth-order valence-electron chi connectivity index (χ4n) is 4.16. The van der Waals surface area contributed by atoms with Crippen molar-refractivity contribution in [1.82, 2.24) is 20.5 Å². The Morgan fingerprint density at radius 2 is 2.09 bits per heavy atom. The van der Waals surface area contributed by atoms with Gasteiger partial charge in [-0.05, 0) is 56.5 Å². The molecule has 2 aliphatic rings. The van der Waals surface area contributed by atoms with Gasteiger partial charge in [0.25, 0.3) is 11.8 Å². The lowest BCUT2D eigenvalue weighted by molar-refractivity contribution is -0.110. The number of nitrogens with zero attached hydrogens (tertiary/aromatic N) is 1. The number of fused-ring (bicyclic) bond motifs is 1. The third-order valence-corrected chi connectivity index (χ3v) is 5.82. The highest BCUT2D eigenvalue weighted by Crippen LogP contribution is 2.34. The quantitative estimate of drug-likeness (QED) is 0.411. The number of halogens is 1. The van der Waals surface area contributed by atoms with Crippen molar-refractivity contribution < 1.29 is 18.8 Å². The molecule has 1 aromatic carbocycles. The molecule has 0 bridgehead atoms. The van der Waals surface area contributed by atoms with E-state index in [1.165, 1.54) is 18.2 Å². The number of amides is 4. The molecule has 3 heterocycles. The molecule has 8 nitrogen and oxygen atoms in total. The zero-order valence-electron chi connectivity index (χ0n) is 18.1. The van der Waals surface area contributed by atoms with Gasteiger partial charge < -0.3 is 25.8 Å². The van der Waals surface area contributed by atoms with Crippen LogP contribution in [0.3, 0.4) is 0 Å². The summed E-state index contributed by atoms with van der Waals surface area (Å²) < 4.78 is 13.7. The molecule has 0 spiro atoms. The largest absolute Gasteiger partial charge is 0.358 e. The van der Waals surface area contributed by atoms with Gasteiger partial charge in [0, 0.05) is 48.8 Å². The van der Waals surface area contributed by atoms with Gasteiger partial charge >= 0.3 is 6.03 Å². The van der Waals surface area contributed by atoms with E-state index < -0.39 is 5.82 Å². The number of rotatable bonds is 6. The van der Waals surface area contributed by atoms with Gasteiger partial charge in [0.05, 0.1) is 11.1 Å². The molecule has 4 rings (SSSR count). The Labute approximate surface area is 185 Å². The van der Waals surface area contributed by atoms with Crippen LogP contribution in [-0.4, -0.2) is 53.9 Å². The van der Waals surface area contributed by atoms with Crippen molar-refractivity contribution in [1.29, 1.82) is 0 Å². The lowest BCUT2D eigenvalue weighted by Crippen LogP contribution is -2.47. The maximum atomic E-state index is 13.7. The summed E-state index contributed by atoms with van der Waals surface area (Å²) >= 11 is 0. The lowest BCUT2D eigenvalue weighted by atomic mass is 10.0. The SMILES string of the molecule is Cc1[nH]c(/C=C2\C(=O)Nc3ccc(F)cc32)c(C)c1C(=O)NCCCN1CCCNC1=O.